The molecule has 0 aliphatic rings. The molecule has 2 rings (SSSR count). The van der Waals surface area contributed by atoms with Crippen molar-refractivity contribution in [1.82, 2.24) is 14.8 Å². The number of methoxy groups -OCH3 is 1. The van der Waals surface area contributed by atoms with E-state index in [9.17, 15) is 4.79 Å². The molecule has 106 valence electrons. The fourth-order valence-corrected chi connectivity index (χ4v) is 2.41. The first-order chi connectivity index (χ1) is 9.60. The average Bonchev–Trinajstić information content (AvgIpc) is 2.79. The van der Waals surface area contributed by atoms with E-state index in [0.717, 1.165) is 5.56 Å². The zero-order chi connectivity index (χ0) is 14.5. The monoisotopic (exact) mass is 312 g/mol. The Morgan fingerprint density at radius 1 is 1.40 bits per heavy atom. The highest BCUT2D eigenvalue weighted by molar-refractivity contribution is 7.99. The topological polar surface area (TPSA) is 83.0 Å². The number of thioether (sulfide) groups is 1. The molecule has 0 aliphatic heterocycles. The van der Waals surface area contributed by atoms with Crippen molar-refractivity contribution >= 4 is 35.3 Å². The maximum Gasteiger partial charge on any atom is 0.316 e. The first-order valence-electron chi connectivity index (χ1n) is 5.73. The zero-order valence-corrected chi connectivity index (χ0v) is 12.3. The molecule has 2 aromatic rings. The van der Waals surface area contributed by atoms with E-state index >= 15 is 0 Å². The summed E-state index contributed by atoms with van der Waals surface area (Å²) in [6, 6.07) is 7.41. The molecule has 0 saturated carbocycles. The molecule has 20 heavy (non-hydrogen) atoms. The van der Waals surface area contributed by atoms with Crippen molar-refractivity contribution < 1.29 is 9.53 Å². The van der Waals surface area contributed by atoms with Crippen molar-refractivity contribution in [2.45, 2.75) is 11.7 Å². The van der Waals surface area contributed by atoms with Crippen LogP contribution in [0.25, 0.3) is 0 Å². The van der Waals surface area contributed by atoms with Crippen molar-refractivity contribution in [2.75, 3.05) is 18.6 Å². The number of anilines is 1. The number of hydrogen-bond donors (Lipinski definition) is 1. The van der Waals surface area contributed by atoms with Gasteiger partial charge in [0.2, 0.25) is 5.95 Å². The standard InChI is InChI=1S/C12H13ClN4O2S/c1-19-10(18)7-20-12-16-15-11(14)17(12)6-8-2-4-9(13)5-3-8/h2-5H,6-7H2,1H3,(H2,14,15). The molecule has 0 saturated heterocycles. The fraction of sp³-hybridized carbons (Fsp3) is 0.250. The molecule has 0 radical (unpaired) electrons. The van der Waals surface area contributed by atoms with Crippen LogP contribution in [-0.2, 0) is 16.1 Å². The van der Waals surface area contributed by atoms with Crippen LogP contribution in [0.5, 0.6) is 0 Å². The van der Waals surface area contributed by atoms with Gasteiger partial charge < -0.3 is 10.5 Å². The summed E-state index contributed by atoms with van der Waals surface area (Å²) in [4.78, 5) is 11.2. The molecule has 0 spiro atoms. The quantitative estimate of drug-likeness (QED) is 0.670. The van der Waals surface area contributed by atoms with Gasteiger partial charge >= 0.3 is 5.97 Å². The van der Waals surface area contributed by atoms with Gasteiger partial charge in [-0.2, -0.15) is 0 Å². The van der Waals surface area contributed by atoms with Crippen LogP contribution in [0.2, 0.25) is 5.02 Å². The minimum atomic E-state index is -0.324. The van der Waals surface area contributed by atoms with Gasteiger partial charge in [-0.1, -0.05) is 35.5 Å². The van der Waals surface area contributed by atoms with Crippen LogP contribution < -0.4 is 5.73 Å². The highest BCUT2D eigenvalue weighted by Crippen LogP contribution is 2.20. The smallest absolute Gasteiger partial charge is 0.316 e. The molecule has 1 aromatic carbocycles. The Hall–Kier alpha value is -1.73. The lowest BCUT2D eigenvalue weighted by molar-refractivity contribution is -0.137. The average molecular weight is 313 g/mol. The summed E-state index contributed by atoms with van der Waals surface area (Å²) in [5.41, 5.74) is 6.81. The molecule has 0 fully saturated rings. The van der Waals surface area contributed by atoms with Crippen LogP contribution in [0.4, 0.5) is 5.95 Å². The number of nitrogens with two attached hydrogens (primary N) is 1. The van der Waals surface area contributed by atoms with Crippen LogP contribution in [0.1, 0.15) is 5.56 Å². The Bertz CT molecular complexity index is 600. The Morgan fingerprint density at radius 3 is 2.75 bits per heavy atom. The molecule has 0 aliphatic carbocycles. The van der Waals surface area contributed by atoms with Crippen LogP contribution >= 0.6 is 23.4 Å². The van der Waals surface area contributed by atoms with E-state index in [1.807, 2.05) is 12.1 Å². The maximum absolute atomic E-state index is 11.2. The maximum atomic E-state index is 11.2. The number of esters is 1. The summed E-state index contributed by atoms with van der Waals surface area (Å²) in [5.74, 6) is 0.136. The second-order valence-electron chi connectivity index (χ2n) is 3.92. The summed E-state index contributed by atoms with van der Waals surface area (Å²) in [5, 5.41) is 9.02. The molecule has 1 aromatic heterocycles. The Kier molecular flexibility index (Phi) is 4.86. The van der Waals surface area contributed by atoms with Gasteiger partial charge in [0.25, 0.3) is 0 Å². The summed E-state index contributed by atoms with van der Waals surface area (Å²) >= 11 is 7.08. The van der Waals surface area contributed by atoms with Gasteiger partial charge in [0.1, 0.15) is 0 Å². The summed E-state index contributed by atoms with van der Waals surface area (Å²) in [6.07, 6.45) is 0. The lowest BCUT2D eigenvalue weighted by Gasteiger charge is -2.07. The van der Waals surface area contributed by atoms with Gasteiger partial charge in [0, 0.05) is 5.02 Å². The third kappa shape index (κ3) is 3.64. The van der Waals surface area contributed by atoms with Crippen molar-refractivity contribution in [3.05, 3.63) is 34.9 Å². The Balaban J connectivity index is 2.12. The number of carbonyl (C=O) groups excluding carboxylic acids is 1. The molecule has 6 nitrogen and oxygen atoms in total. The number of nitrogen functional groups attached to an aromatic ring is 1. The van der Waals surface area contributed by atoms with Gasteiger partial charge in [-0.05, 0) is 17.7 Å². The SMILES string of the molecule is COC(=O)CSc1nnc(N)n1Cc1ccc(Cl)cc1. The third-order valence-corrected chi connectivity index (χ3v) is 3.74. The third-order valence-electron chi connectivity index (χ3n) is 2.55. The highest BCUT2D eigenvalue weighted by Gasteiger charge is 2.12. The molecule has 1 heterocycles. The predicted molar refractivity (Wildman–Crippen MR) is 77.7 cm³/mol. The van der Waals surface area contributed by atoms with E-state index in [1.54, 1.807) is 16.7 Å². The highest BCUT2D eigenvalue weighted by atomic mass is 35.5. The minimum absolute atomic E-state index is 0.162. The lowest BCUT2D eigenvalue weighted by atomic mass is 10.2. The molecular formula is C12H13ClN4O2S. The van der Waals surface area contributed by atoms with E-state index in [1.165, 1.54) is 18.9 Å². The Morgan fingerprint density at radius 2 is 2.10 bits per heavy atom. The van der Waals surface area contributed by atoms with Gasteiger partial charge in [0.05, 0.1) is 19.4 Å². The van der Waals surface area contributed by atoms with Crippen LogP contribution in [0, 0.1) is 0 Å². The number of carbonyl (C=O) groups is 1. The number of hydrogen-bond acceptors (Lipinski definition) is 6. The van der Waals surface area contributed by atoms with Crippen molar-refractivity contribution in [2.24, 2.45) is 0 Å². The number of halogens is 1. The first kappa shape index (κ1) is 14.7. The zero-order valence-electron chi connectivity index (χ0n) is 10.7. The van der Waals surface area contributed by atoms with Crippen LogP contribution in [0.3, 0.4) is 0 Å². The molecular weight excluding hydrogens is 300 g/mol. The molecule has 0 atom stereocenters. The fourth-order valence-electron chi connectivity index (χ4n) is 1.51. The van der Waals surface area contributed by atoms with Gasteiger partial charge in [0.15, 0.2) is 5.16 Å². The normalized spacial score (nSPS) is 10.5. The molecule has 0 bridgehead atoms. The van der Waals surface area contributed by atoms with Crippen molar-refractivity contribution in [3.63, 3.8) is 0 Å². The van der Waals surface area contributed by atoms with Crippen LogP contribution in [0.15, 0.2) is 29.4 Å². The second kappa shape index (κ2) is 6.62. The number of rotatable bonds is 5. The molecule has 2 N–H and O–H groups in total. The lowest BCUT2D eigenvalue weighted by Crippen LogP contribution is -2.08. The number of benzene rings is 1. The van der Waals surface area contributed by atoms with E-state index in [2.05, 4.69) is 14.9 Å². The first-order valence-corrected chi connectivity index (χ1v) is 7.09. The number of aromatic nitrogens is 3. The molecule has 8 heteroatoms. The van der Waals surface area contributed by atoms with E-state index < -0.39 is 0 Å². The predicted octanol–water partition coefficient (Wildman–Crippen LogP) is 1.83. The Labute approximate surface area is 125 Å². The van der Waals surface area contributed by atoms with Crippen LogP contribution in [-0.4, -0.2) is 33.6 Å². The molecule has 0 unspecified atom stereocenters. The number of nitrogens with zero attached hydrogens (tertiary/aromatic N) is 3. The van der Waals surface area contributed by atoms with E-state index in [-0.39, 0.29) is 11.7 Å². The molecule has 0 amide bonds. The summed E-state index contributed by atoms with van der Waals surface area (Å²) < 4.78 is 6.32. The van der Waals surface area contributed by atoms with Gasteiger partial charge in [-0.3, -0.25) is 9.36 Å². The summed E-state index contributed by atoms with van der Waals surface area (Å²) in [6.45, 7) is 0.513. The van der Waals surface area contributed by atoms with Crippen molar-refractivity contribution in [3.8, 4) is 0 Å². The van der Waals surface area contributed by atoms with E-state index in [4.69, 9.17) is 17.3 Å². The number of ether oxygens (including phenoxy) is 1. The second-order valence-corrected chi connectivity index (χ2v) is 5.30. The van der Waals surface area contributed by atoms with Gasteiger partial charge in [-0.25, -0.2) is 0 Å². The minimum Gasteiger partial charge on any atom is -0.468 e. The van der Waals surface area contributed by atoms with E-state index in [0.29, 0.717) is 22.7 Å². The van der Waals surface area contributed by atoms with Crippen molar-refractivity contribution in [1.29, 1.82) is 0 Å². The largest absolute Gasteiger partial charge is 0.468 e. The summed E-state index contributed by atoms with van der Waals surface area (Å²) in [7, 11) is 1.34. The van der Waals surface area contributed by atoms with Gasteiger partial charge in [-0.15, -0.1) is 10.2 Å².